The maximum absolute atomic E-state index is 13.8. The van der Waals surface area contributed by atoms with E-state index in [9.17, 15) is 22.4 Å². The van der Waals surface area contributed by atoms with Gasteiger partial charge in [-0.2, -0.15) is 13.2 Å². The molecule has 0 saturated carbocycles. The van der Waals surface area contributed by atoms with E-state index in [0.29, 0.717) is 0 Å². The van der Waals surface area contributed by atoms with Crippen LogP contribution in [0.5, 0.6) is 0 Å². The molecule has 0 radical (unpaired) electrons. The molecule has 0 aromatic heterocycles. The van der Waals surface area contributed by atoms with Gasteiger partial charge >= 0.3 is 6.18 Å². The Labute approximate surface area is 158 Å². The summed E-state index contributed by atoms with van der Waals surface area (Å²) in [6.45, 7) is 1.68. The zero-order valence-corrected chi connectivity index (χ0v) is 14.8. The van der Waals surface area contributed by atoms with Crippen molar-refractivity contribution < 1.29 is 22.4 Å². The van der Waals surface area contributed by atoms with Crippen molar-refractivity contribution >= 4 is 17.4 Å². The summed E-state index contributed by atoms with van der Waals surface area (Å²) in [6.07, 6.45) is -4.32. The lowest BCUT2D eigenvalue weighted by Gasteiger charge is -2.14. The Morgan fingerprint density at radius 1 is 1.14 bits per heavy atom. The van der Waals surface area contributed by atoms with Crippen LogP contribution in [0.4, 0.5) is 23.2 Å². The molecule has 0 atom stereocenters. The van der Waals surface area contributed by atoms with E-state index < -0.39 is 29.3 Å². The van der Waals surface area contributed by atoms with Gasteiger partial charge in [0.2, 0.25) is 0 Å². The van der Waals surface area contributed by atoms with E-state index in [-0.39, 0.29) is 29.1 Å². The molecular weight excluding hydrogens is 376 g/mol. The number of amidine groups is 1. The average Bonchev–Trinajstić information content (AvgIpc) is 2.66. The first-order valence-electron chi connectivity index (χ1n) is 8.21. The summed E-state index contributed by atoms with van der Waals surface area (Å²) in [5.41, 5.74) is 4.75. The molecule has 1 amide bonds. The molecule has 0 aliphatic rings. The van der Waals surface area contributed by atoms with E-state index in [1.807, 2.05) is 0 Å². The van der Waals surface area contributed by atoms with Crippen LogP contribution in [0.3, 0.4) is 0 Å². The van der Waals surface area contributed by atoms with E-state index in [1.54, 1.807) is 13.0 Å². The molecule has 2 aromatic rings. The smallest absolute Gasteiger partial charge is 0.393 e. The molecule has 5 nitrogen and oxygen atoms in total. The Balaban J connectivity index is 2.19. The number of benzene rings is 2. The van der Waals surface area contributed by atoms with Crippen LogP contribution in [-0.2, 0) is 11.0 Å². The second-order valence-electron chi connectivity index (χ2n) is 5.76. The zero-order chi connectivity index (χ0) is 20.9. The second-order valence-corrected chi connectivity index (χ2v) is 5.76. The summed E-state index contributed by atoms with van der Waals surface area (Å²) in [7, 11) is 0. The number of hydrogen-bond acceptors (Lipinski definition) is 4. The molecule has 5 N–H and O–H groups in total. The van der Waals surface area contributed by atoms with Crippen molar-refractivity contribution in [2.75, 3.05) is 5.32 Å². The third kappa shape index (κ3) is 5.09. The Bertz CT molecular complexity index is 922. The molecule has 2 rings (SSSR count). The summed E-state index contributed by atoms with van der Waals surface area (Å²) in [5.74, 6) is -1.97. The fourth-order valence-electron chi connectivity index (χ4n) is 2.31. The van der Waals surface area contributed by atoms with Crippen molar-refractivity contribution in [2.24, 2.45) is 5.73 Å². The number of rotatable bonds is 5. The van der Waals surface area contributed by atoms with Crippen LogP contribution < -0.4 is 16.4 Å². The second kappa shape index (κ2) is 8.55. The first kappa shape index (κ1) is 20.9. The summed E-state index contributed by atoms with van der Waals surface area (Å²) >= 11 is 0. The number of carbonyl (C=O) groups is 1. The van der Waals surface area contributed by atoms with E-state index in [4.69, 9.17) is 11.1 Å². The number of hydrogen-bond donors (Lipinski definition) is 4. The molecule has 0 saturated heterocycles. The number of alkyl halides is 3. The van der Waals surface area contributed by atoms with Gasteiger partial charge in [-0.25, -0.2) is 4.39 Å². The van der Waals surface area contributed by atoms with Crippen LogP contribution in [0.1, 0.15) is 24.5 Å². The lowest BCUT2D eigenvalue weighted by atomic mass is 10.1. The van der Waals surface area contributed by atoms with Crippen molar-refractivity contribution in [3.05, 3.63) is 76.9 Å². The number of carbonyl (C=O) groups excluding carboxylic acids is 1. The van der Waals surface area contributed by atoms with Gasteiger partial charge in [-0.15, -0.1) is 0 Å². The lowest BCUT2D eigenvalue weighted by molar-refractivity contribution is -0.137. The summed E-state index contributed by atoms with van der Waals surface area (Å²) < 4.78 is 52.1. The van der Waals surface area contributed by atoms with Crippen LogP contribution >= 0.6 is 0 Å². The summed E-state index contributed by atoms with van der Waals surface area (Å²) in [6, 6.07) is 9.79. The van der Waals surface area contributed by atoms with Crippen molar-refractivity contribution in [1.29, 1.82) is 5.41 Å². The highest BCUT2D eigenvalue weighted by molar-refractivity contribution is 6.11. The van der Waals surface area contributed by atoms with Crippen molar-refractivity contribution in [1.82, 2.24) is 5.32 Å². The Hall–Kier alpha value is -3.36. The minimum atomic E-state index is -4.57. The molecule has 0 heterocycles. The Morgan fingerprint density at radius 2 is 1.82 bits per heavy atom. The number of nitrogens with one attached hydrogen (secondary N) is 3. The van der Waals surface area contributed by atoms with Gasteiger partial charge in [0, 0.05) is 11.3 Å². The molecule has 0 unspecified atom stereocenters. The van der Waals surface area contributed by atoms with Gasteiger partial charge in [-0.05, 0) is 30.7 Å². The minimum absolute atomic E-state index is 0.114. The van der Waals surface area contributed by atoms with E-state index in [2.05, 4.69) is 10.6 Å². The molecule has 148 valence electrons. The maximum atomic E-state index is 13.8. The number of allylic oxidation sites excluding steroid dienone is 1. The predicted molar refractivity (Wildman–Crippen MR) is 97.9 cm³/mol. The minimum Gasteiger partial charge on any atom is -0.393 e. The first-order chi connectivity index (χ1) is 13.1. The molecule has 0 spiro atoms. The highest BCUT2D eigenvalue weighted by atomic mass is 19.4. The van der Waals surface area contributed by atoms with Gasteiger partial charge in [0.1, 0.15) is 17.3 Å². The van der Waals surface area contributed by atoms with E-state index >= 15 is 0 Å². The van der Waals surface area contributed by atoms with Crippen LogP contribution in [0, 0.1) is 11.2 Å². The molecular formula is C19H18F4N4O. The normalized spacial score (nSPS) is 12.2. The topological polar surface area (TPSA) is 91.0 Å². The first-order valence-corrected chi connectivity index (χ1v) is 8.21. The van der Waals surface area contributed by atoms with Crippen LogP contribution in [0.25, 0.3) is 0 Å². The third-order valence-corrected chi connectivity index (χ3v) is 3.80. The van der Waals surface area contributed by atoms with Gasteiger partial charge in [-0.3, -0.25) is 10.2 Å². The molecule has 28 heavy (non-hydrogen) atoms. The Morgan fingerprint density at radius 3 is 2.43 bits per heavy atom. The van der Waals surface area contributed by atoms with E-state index in [0.717, 1.165) is 18.2 Å². The summed E-state index contributed by atoms with van der Waals surface area (Å²) in [4.78, 5) is 12.3. The van der Waals surface area contributed by atoms with Crippen molar-refractivity contribution in [2.45, 2.75) is 19.5 Å². The Kier molecular flexibility index (Phi) is 6.40. The number of nitrogens with two attached hydrogens (primary N) is 1. The van der Waals surface area contributed by atoms with Crippen molar-refractivity contribution in [3.8, 4) is 0 Å². The van der Waals surface area contributed by atoms with Crippen LogP contribution in [0.15, 0.2) is 59.9 Å². The van der Waals surface area contributed by atoms with Gasteiger partial charge in [0.05, 0.1) is 11.3 Å². The van der Waals surface area contributed by atoms with Crippen LogP contribution in [0.2, 0.25) is 0 Å². The fourth-order valence-corrected chi connectivity index (χ4v) is 2.31. The van der Waals surface area contributed by atoms with Gasteiger partial charge < -0.3 is 16.4 Å². The molecule has 0 fully saturated rings. The predicted octanol–water partition coefficient (Wildman–Crippen LogP) is 3.98. The average molecular weight is 394 g/mol. The molecule has 2 aromatic carbocycles. The van der Waals surface area contributed by atoms with Gasteiger partial charge in [0.15, 0.2) is 0 Å². The van der Waals surface area contributed by atoms with E-state index in [1.165, 1.54) is 24.3 Å². The number of anilines is 1. The highest BCUT2D eigenvalue weighted by Gasteiger charge is 2.30. The monoisotopic (exact) mass is 394 g/mol. The molecule has 0 aliphatic carbocycles. The molecule has 9 heteroatoms. The lowest BCUT2D eigenvalue weighted by Crippen LogP contribution is -2.35. The fraction of sp³-hybridized carbons (Fsp3) is 0.158. The zero-order valence-electron chi connectivity index (χ0n) is 14.8. The van der Waals surface area contributed by atoms with Gasteiger partial charge in [-0.1, -0.05) is 31.2 Å². The maximum Gasteiger partial charge on any atom is 0.416 e. The highest BCUT2D eigenvalue weighted by Crippen LogP contribution is 2.29. The number of para-hydroxylation sites is 1. The number of halogens is 4. The quantitative estimate of drug-likeness (QED) is 0.268. The van der Waals surface area contributed by atoms with Crippen LogP contribution in [-0.4, -0.2) is 11.7 Å². The standard InChI is InChI=1S/C19H18F4N4O/c1-2-14(26-15-9-4-3-8-13(15)20)16(24)18(28)27-17(25)11-6-5-7-12(10-11)19(21,22)23/h3-10,26H,2,24H2,1H3,(H2,25,27,28)/b16-14-. The number of amides is 1. The largest absolute Gasteiger partial charge is 0.416 e. The van der Waals surface area contributed by atoms with Gasteiger partial charge in [0.25, 0.3) is 5.91 Å². The third-order valence-electron chi connectivity index (χ3n) is 3.80. The molecule has 0 aliphatic heterocycles. The molecule has 0 bridgehead atoms. The summed E-state index contributed by atoms with van der Waals surface area (Å²) in [5, 5.41) is 12.7. The SMILES string of the molecule is CC/C(Nc1ccccc1F)=C(/N)C(=O)NC(=N)c1cccc(C(F)(F)F)c1. The van der Waals surface area contributed by atoms with Crippen molar-refractivity contribution in [3.63, 3.8) is 0 Å².